The summed E-state index contributed by atoms with van der Waals surface area (Å²) < 4.78 is 39.4. The maximum atomic E-state index is 11.8. The second-order valence-electron chi connectivity index (χ2n) is 4.82. The fraction of sp³-hybridized carbons (Fsp3) is 0.929. The largest absolute Gasteiger partial charge is 0.490 e. The number of alkyl halides is 3. The standard InChI is InChI=1S/C14H25F3O2/c1-2-3-4-5-6-7-8-9-10-11-12-19-13(18)14(15,16)17/h2-12H2,1H3. The predicted molar refractivity (Wildman–Crippen MR) is 68.9 cm³/mol. The minimum atomic E-state index is -4.86. The van der Waals surface area contributed by atoms with Gasteiger partial charge in [0.05, 0.1) is 6.61 Å². The Morgan fingerprint density at radius 2 is 1.26 bits per heavy atom. The molecule has 0 aromatic heterocycles. The van der Waals surface area contributed by atoms with Gasteiger partial charge in [-0.2, -0.15) is 13.2 Å². The first kappa shape index (κ1) is 18.3. The molecule has 0 atom stereocenters. The van der Waals surface area contributed by atoms with E-state index in [9.17, 15) is 18.0 Å². The molecule has 0 aliphatic heterocycles. The van der Waals surface area contributed by atoms with Crippen LogP contribution in [-0.4, -0.2) is 18.8 Å². The second-order valence-corrected chi connectivity index (χ2v) is 4.82. The van der Waals surface area contributed by atoms with Gasteiger partial charge in [0.15, 0.2) is 0 Å². The molecular formula is C14H25F3O2. The lowest BCUT2D eigenvalue weighted by Crippen LogP contribution is -2.25. The molecule has 0 spiro atoms. The van der Waals surface area contributed by atoms with E-state index in [0.717, 1.165) is 19.3 Å². The van der Waals surface area contributed by atoms with Crippen molar-refractivity contribution in [2.75, 3.05) is 6.61 Å². The highest BCUT2D eigenvalue weighted by atomic mass is 19.4. The van der Waals surface area contributed by atoms with E-state index >= 15 is 0 Å². The molecule has 114 valence electrons. The number of unbranched alkanes of at least 4 members (excludes halogenated alkanes) is 9. The van der Waals surface area contributed by atoms with Crippen LogP contribution in [0.3, 0.4) is 0 Å². The molecule has 0 saturated carbocycles. The molecule has 2 nitrogen and oxygen atoms in total. The third-order valence-corrected chi connectivity index (χ3v) is 2.96. The number of hydrogen-bond donors (Lipinski definition) is 0. The van der Waals surface area contributed by atoms with Gasteiger partial charge in [0.1, 0.15) is 0 Å². The summed E-state index contributed by atoms with van der Waals surface area (Å²) in [6, 6.07) is 0. The number of hydrogen-bond acceptors (Lipinski definition) is 2. The smallest absolute Gasteiger partial charge is 0.459 e. The van der Waals surface area contributed by atoms with Crippen molar-refractivity contribution >= 4 is 5.97 Å². The number of ether oxygens (including phenoxy) is 1. The van der Waals surface area contributed by atoms with Crippen LogP contribution in [0.25, 0.3) is 0 Å². The normalized spacial score (nSPS) is 11.6. The topological polar surface area (TPSA) is 26.3 Å². The zero-order valence-corrected chi connectivity index (χ0v) is 11.7. The molecule has 0 aromatic carbocycles. The summed E-state index contributed by atoms with van der Waals surface area (Å²) in [5.41, 5.74) is 0. The van der Waals surface area contributed by atoms with Gasteiger partial charge < -0.3 is 4.74 Å². The van der Waals surface area contributed by atoms with Gasteiger partial charge >= 0.3 is 12.1 Å². The molecule has 0 saturated heterocycles. The van der Waals surface area contributed by atoms with Crippen molar-refractivity contribution in [2.24, 2.45) is 0 Å². The van der Waals surface area contributed by atoms with Crippen molar-refractivity contribution in [2.45, 2.75) is 77.3 Å². The molecule has 0 aliphatic rings. The summed E-state index contributed by atoms with van der Waals surface area (Å²) in [6.07, 6.45) is 6.12. The molecule has 0 radical (unpaired) electrons. The third kappa shape index (κ3) is 12.1. The fourth-order valence-electron chi connectivity index (χ4n) is 1.84. The quantitative estimate of drug-likeness (QED) is 0.393. The number of halogens is 3. The summed E-state index contributed by atoms with van der Waals surface area (Å²) in [5, 5.41) is 0. The number of carbonyl (C=O) groups is 1. The lowest BCUT2D eigenvalue weighted by Gasteiger charge is -2.06. The molecular weight excluding hydrogens is 257 g/mol. The lowest BCUT2D eigenvalue weighted by molar-refractivity contribution is -0.199. The molecule has 0 amide bonds. The van der Waals surface area contributed by atoms with Crippen molar-refractivity contribution < 1.29 is 22.7 Å². The van der Waals surface area contributed by atoms with E-state index in [1.807, 2.05) is 0 Å². The summed E-state index contributed by atoms with van der Waals surface area (Å²) in [7, 11) is 0. The zero-order valence-electron chi connectivity index (χ0n) is 11.7. The predicted octanol–water partition coefficient (Wildman–Crippen LogP) is 5.01. The second kappa shape index (κ2) is 11.1. The molecule has 0 bridgehead atoms. The van der Waals surface area contributed by atoms with Gasteiger partial charge in [-0.15, -0.1) is 0 Å². The van der Waals surface area contributed by atoms with E-state index in [-0.39, 0.29) is 6.61 Å². The Hall–Kier alpha value is -0.740. The maximum absolute atomic E-state index is 11.8. The van der Waals surface area contributed by atoms with Crippen LogP contribution in [-0.2, 0) is 9.53 Å². The lowest BCUT2D eigenvalue weighted by atomic mass is 10.1. The molecule has 0 rings (SSSR count). The van der Waals surface area contributed by atoms with Crippen LogP contribution in [0, 0.1) is 0 Å². The first-order valence-corrected chi connectivity index (χ1v) is 7.22. The molecule has 0 N–H and O–H groups in total. The third-order valence-electron chi connectivity index (χ3n) is 2.96. The molecule has 19 heavy (non-hydrogen) atoms. The summed E-state index contributed by atoms with van der Waals surface area (Å²) in [5.74, 6) is -2.08. The van der Waals surface area contributed by atoms with Gasteiger partial charge in [-0.1, -0.05) is 64.7 Å². The van der Waals surface area contributed by atoms with E-state index < -0.39 is 12.1 Å². The Bertz CT molecular complexity index is 227. The molecule has 5 heteroatoms. The Balaban J connectivity index is 3.17. The van der Waals surface area contributed by atoms with Gasteiger partial charge in [-0.05, 0) is 6.42 Å². The Morgan fingerprint density at radius 1 is 0.842 bits per heavy atom. The SMILES string of the molecule is CCCCCCCCCCCCOC(=O)C(F)(F)F. The Kier molecular flexibility index (Phi) is 10.7. The Labute approximate surface area is 113 Å². The molecule has 0 unspecified atom stereocenters. The van der Waals surface area contributed by atoms with Crippen molar-refractivity contribution in [3.8, 4) is 0 Å². The Morgan fingerprint density at radius 3 is 1.68 bits per heavy atom. The van der Waals surface area contributed by atoms with Gasteiger partial charge in [0.25, 0.3) is 0 Å². The van der Waals surface area contributed by atoms with Gasteiger partial charge in [-0.25, -0.2) is 4.79 Å². The average molecular weight is 282 g/mol. The van der Waals surface area contributed by atoms with Gasteiger partial charge in [-0.3, -0.25) is 0 Å². The maximum Gasteiger partial charge on any atom is 0.490 e. The fourth-order valence-corrected chi connectivity index (χ4v) is 1.84. The number of carbonyl (C=O) groups excluding carboxylic acids is 1. The molecule has 0 heterocycles. The summed E-state index contributed by atoms with van der Waals surface area (Å²) in [4.78, 5) is 10.4. The van der Waals surface area contributed by atoms with E-state index in [2.05, 4.69) is 11.7 Å². The summed E-state index contributed by atoms with van der Waals surface area (Å²) >= 11 is 0. The van der Waals surface area contributed by atoms with Crippen LogP contribution in [0.2, 0.25) is 0 Å². The van der Waals surface area contributed by atoms with Crippen LogP contribution in [0.1, 0.15) is 71.1 Å². The average Bonchev–Trinajstić information content (AvgIpc) is 2.34. The van der Waals surface area contributed by atoms with E-state index in [4.69, 9.17) is 0 Å². The number of esters is 1. The first-order valence-electron chi connectivity index (χ1n) is 7.22. The van der Waals surface area contributed by atoms with Gasteiger partial charge in [0, 0.05) is 0 Å². The van der Waals surface area contributed by atoms with E-state index in [0.29, 0.717) is 6.42 Å². The van der Waals surface area contributed by atoms with Crippen LogP contribution in [0.4, 0.5) is 13.2 Å². The van der Waals surface area contributed by atoms with Crippen LogP contribution >= 0.6 is 0 Å². The van der Waals surface area contributed by atoms with Crippen molar-refractivity contribution in [1.82, 2.24) is 0 Å². The van der Waals surface area contributed by atoms with Crippen molar-refractivity contribution in [1.29, 1.82) is 0 Å². The highest BCUT2D eigenvalue weighted by Gasteiger charge is 2.40. The van der Waals surface area contributed by atoms with E-state index in [1.54, 1.807) is 0 Å². The van der Waals surface area contributed by atoms with E-state index in [1.165, 1.54) is 38.5 Å². The van der Waals surface area contributed by atoms with Crippen molar-refractivity contribution in [3.05, 3.63) is 0 Å². The monoisotopic (exact) mass is 282 g/mol. The number of rotatable bonds is 11. The molecule has 0 aromatic rings. The van der Waals surface area contributed by atoms with Gasteiger partial charge in [0.2, 0.25) is 0 Å². The first-order chi connectivity index (χ1) is 8.98. The van der Waals surface area contributed by atoms with Crippen LogP contribution in [0.15, 0.2) is 0 Å². The minimum absolute atomic E-state index is 0.130. The summed E-state index contributed by atoms with van der Waals surface area (Å²) in [6.45, 7) is 2.06. The van der Waals surface area contributed by atoms with Crippen LogP contribution in [0.5, 0.6) is 0 Å². The zero-order chi connectivity index (χ0) is 14.6. The highest BCUT2D eigenvalue weighted by Crippen LogP contribution is 2.17. The molecule has 0 aliphatic carbocycles. The highest BCUT2D eigenvalue weighted by molar-refractivity contribution is 5.75. The molecule has 0 fully saturated rings. The van der Waals surface area contributed by atoms with Crippen LogP contribution < -0.4 is 0 Å². The minimum Gasteiger partial charge on any atom is -0.459 e. The van der Waals surface area contributed by atoms with Crippen molar-refractivity contribution in [3.63, 3.8) is 0 Å².